The normalized spacial score (nSPS) is 10.4. The molecule has 0 aliphatic heterocycles. The van der Waals surface area contributed by atoms with Crippen molar-refractivity contribution in [3.8, 4) is 11.4 Å². The Balaban J connectivity index is 1.95. The maximum absolute atomic E-state index is 12.1. The quantitative estimate of drug-likeness (QED) is 0.647. The highest BCUT2D eigenvalue weighted by atomic mass is 79.9. The van der Waals surface area contributed by atoms with Crippen LogP contribution in [0.1, 0.15) is 5.56 Å². The molecule has 0 aliphatic carbocycles. The Bertz CT molecular complexity index is 987. The molecule has 0 radical (unpaired) electrons. The zero-order valence-electron chi connectivity index (χ0n) is 12.7. The van der Waals surface area contributed by atoms with E-state index in [0.29, 0.717) is 17.1 Å². The molecule has 8 heteroatoms. The Hall–Kier alpha value is -2.92. The average Bonchev–Trinajstić information content (AvgIpc) is 2.93. The molecule has 7 nitrogen and oxygen atoms in total. The number of benzene rings is 2. The van der Waals surface area contributed by atoms with E-state index >= 15 is 0 Å². The molecule has 0 unspecified atom stereocenters. The van der Waals surface area contributed by atoms with Gasteiger partial charge in [0.1, 0.15) is 12.4 Å². The van der Waals surface area contributed by atoms with Gasteiger partial charge in [0.05, 0.1) is 12.3 Å². The van der Waals surface area contributed by atoms with Crippen molar-refractivity contribution in [3.05, 3.63) is 74.4 Å². The second-order valence-electron chi connectivity index (χ2n) is 4.93. The maximum atomic E-state index is 12.1. The summed E-state index contributed by atoms with van der Waals surface area (Å²) < 4.78 is 8.95. The summed E-state index contributed by atoms with van der Waals surface area (Å²) in [5.74, 6) is 0.580. The second-order valence-corrected chi connectivity index (χ2v) is 5.79. The monoisotopic (exact) mass is 385 g/mol. The van der Waals surface area contributed by atoms with E-state index in [9.17, 15) is 4.79 Å². The van der Waals surface area contributed by atoms with Crippen LogP contribution in [0.5, 0.6) is 5.75 Å². The van der Waals surface area contributed by atoms with Gasteiger partial charge in [-0.2, -0.15) is 9.36 Å². The van der Waals surface area contributed by atoms with Crippen molar-refractivity contribution in [1.82, 2.24) is 19.8 Å². The van der Waals surface area contributed by atoms with Crippen molar-refractivity contribution in [2.24, 2.45) is 7.05 Å². The van der Waals surface area contributed by atoms with Gasteiger partial charge in [-0.05, 0) is 34.7 Å². The van der Waals surface area contributed by atoms with Crippen LogP contribution in [0.4, 0.5) is 5.69 Å². The van der Waals surface area contributed by atoms with E-state index in [0.717, 1.165) is 14.7 Å². The molecule has 0 amide bonds. The lowest BCUT2D eigenvalue weighted by molar-refractivity contribution is 0.305. The van der Waals surface area contributed by atoms with Crippen molar-refractivity contribution in [2.75, 3.05) is 0 Å². The predicted octanol–water partition coefficient (Wildman–Crippen LogP) is 2.86. The molecule has 3 aromatic rings. The topological polar surface area (TPSA) is 66.3 Å². The molecule has 1 aromatic heterocycles. The fourth-order valence-corrected chi connectivity index (χ4v) is 2.62. The van der Waals surface area contributed by atoms with Crippen LogP contribution >= 0.6 is 15.9 Å². The van der Waals surface area contributed by atoms with Crippen molar-refractivity contribution in [1.29, 1.82) is 0 Å². The molecule has 0 saturated heterocycles. The zero-order chi connectivity index (χ0) is 17.1. The van der Waals surface area contributed by atoms with E-state index in [-0.39, 0.29) is 12.3 Å². The van der Waals surface area contributed by atoms with E-state index in [2.05, 4.69) is 31.2 Å². The minimum atomic E-state index is -0.343. The number of hydrogen-bond donors (Lipinski definition) is 0. The summed E-state index contributed by atoms with van der Waals surface area (Å²) in [5, 5.41) is 7.60. The molecule has 120 valence electrons. The minimum Gasteiger partial charge on any atom is -0.490 e. The number of rotatable bonds is 4. The van der Waals surface area contributed by atoms with E-state index in [1.807, 2.05) is 12.1 Å². The number of aryl methyl sites for hydroxylation is 1. The molecule has 0 fully saturated rings. The lowest BCUT2D eigenvalue weighted by atomic mass is 10.2. The van der Waals surface area contributed by atoms with E-state index in [1.165, 1.54) is 11.7 Å². The third kappa shape index (κ3) is 3.07. The molecule has 0 atom stereocenters. The van der Waals surface area contributed by atoms with E-state index in [4.69, 9.17) is 11.3 Å². The average molecular weight is 386 g/mol. The van der Waals surface area contributed by atoms with Gasteiger partial charge in [0, 0.05) is 17.1 Å². The van der Waals surface area contributed by atoms with Crippen LogP contribution in [0, 0.1) is 6.57 Å². The fraction of sp³-hybridized carbons (Fsp3) is 0.125. The first-order chi connectivity index (χ1) is 11.6. The van der Waals surface area contributed by atoms with Crippen LogP contribution in [0.25, 0.3) is 10.5 Å². The number of aromatic nitrogens is 4. The van der Waals surface area contributed by atoms with Crippen LogP contribution in [-0.4, -0.2) is 19.8 Å². The first-order valence-electron chi connectivity index (χ1n) is 6.97. The van der Waals surface area contributed by atoms with Gasteiger partial charge in [0.15, 0.2) is 5.69 Å². The lowest BCUT2D eigenvalue weighted by Gasteiger charge is -2.12. The largest absolute Gasteiger partial charge is 0.490 e. The molecule has 0 aliphatic rings. The van der Waals surface area contributed by atoms with Gasteiger partial charge in [-0.15, -0.1) is 0 Å². The Labute approximate surface area is 146 Å². The third-order valence-electron chi connectivity index (χ3n) is 3.37. The first kappa shape index (κ1) is 16.0. The molecule has 2 aromatic carbocycles. The van der Waals surface area contributed by atoms with Crippen LogP contribution in [0.3, 0.4) is 0 Å². The van der Waals surface area contributed by atoms with E-state index < -0.39 is 0 Å². The summed E-state index contributed by atoms with van der Waals surface area (Å²) in [6, 6.07) is 12.4. The van der Waals surface area contributed by atoms with Gasteiger partial charge in [-0.3, -0.25) is 0 Å². The number of hydrogen-bond acceptors (Lipinski definition) is 4. The SMILES string of the molecule is [C-]#[N+]c1cccc(OCc2c(Br)cccc2-n2nnn(C)c2=O)c1. The third-order valence-corrected chi connectivity index (χ3v) is 4.12. The molecule has 0 saturated carbocycles. The number of ether oxygens (including phenoxy) is 1. The summed E-state index contributed by atoms with van der Waals surface area (Å²) in [6.45, 7) is 7.26. The fourth-order valence-electron chi connectivity index (χ4n) is 2.15. The lowest BCUT2D eigenvalue weighted by Crippen LogP contribution is -2.23. The number of halogens is 1. The standard InChI is InChI=1S/C16H12BrN5O2/c1-18-11-5-3-6-12(9-11)24-10-13-14(17)7-4-8-15(13)22-16(23)21(2)19-20-22/h3-9H,10H2,2H3. The van der Waals surface area contributed by atoms with E-state index in [1.54, 1.807) is 30.3 Å². The Morgan fingerprint density at radius 2 is 2.04 bits per heavy atom. The summed E-state index contributed by atoms with van der Waals surface area (Å²) in [4.78, 5) is 15.5. The molecular weight excluding hydrogens is 374 g/mol. The zero-order valence-corrected chi connectivity index (χ0v) is 14.3. The minimum absolute atomic E-state index is 0.210. The molecule has 0 N–H and O–H groups in total. The first-order valence-corrected chi connectivity index (χ1v) is 7.76. The van der Waals surface area contributed by atoms with Gasteiger partial charge >= 0.3 is 5.69 Å². The van der Waals surface area contributed by atoms with Crippen LogP contribution < -0.4 is 10.4 Å². The predicted molar refractivity (Wildman–Crippen MR) is 91.3 cm³/mol. The Morgan fingerprint density at radius 1 is 1.25 bits per heavy atom. The van der Waals surface area contributed by atoms with Crippen molar-refractivity contribution in [3.63, 3.8) is 0 Å². The van der Waals surface area contributed by atoms with Crippen molar-refractivity contribution < 1.29 is 4.74 Å². The highest BCUT2D eigenvalue weighted by Gasteiger charge is 2.14. The number of tetrazole rings is 1. The highest BCUT2D eigenvalue weighted by molar-refractivity contribution is 9.10. The maximum Gasteiger partial charge on any atom is 0.368 e. The van der Waals surface area contributed by atoms with Crippen LogP contribution in [-0.2, 0) is 13.7 Å². The summed E-state index contributed by atoms with van der Waals surface area (Å²) in [5.41, 5.74) is 1.51. The summed E-state index contributed by atoms with van der Waals surface area (Å²) in [7, 11) is 1.54. The summed E-state index contributed by atoms with van der Waals surface area (Å²) >= 11 is 3.48. The van der Waals surface area contributed by atoms with Crippen LogP contribution in [0.2, 0.25) is 0 Å². The molecular formula is C16H12BrN5O2. The molecule has 1 heterocycles. The van der Waals surface area contributed by atoms with Gasteiger partial charge in [-0.25, -0.2) is 9.64 Å². The molecule has 0 spiro atoms. The Kier molecular flexibility index (Phi) is 4.44. The van der Waals surface area contributed by atoms with Gasteiger partial charge in [0.2, 0.25) is 0 Å². The van der Waals surface area contributed by atoms with Crippen molar-refractivity contribution >= 4 is 21.6 Å². The van der Waals surface area contributed by atoms with Gasteiger partial charge in [0.25, 0.3) is 0 Å². The smallest absolute Gasteiger partial charge is 0.368 e. The van der Waals surface area contributed by atoms with Gasteiger partial charge in [-0.1, -0.05) is 34.1 Å². The second kappa shape index (κ2) is 6.68. The molecule has 24 heavy (non-hydrogen) atoms. The summed E-state index contributed by atoms with van der Waals surface area (Å²) in [6.07, 6.45) is 0. The highest BCUT2D eigenvalue weighted by Crippen LogP contribution is 2.26. The number of nitrogens with zero attached hydrogens (tertiary/aromatic N) is 5. The van der Waals surface area contributed by atoms with Crippen LogP contribution in [0.15, 0.2) is 51.7 Å². The van der Waals surface area contributed by atoms with Gasteiger partial charge < -0.3 is 4.74 Å². The van der Waals surface area contributed by atoms with Crippen molar-refractivity contribution in [2.45, 2.75) is 6.61 Å². The Morgan fingerprint density at radius 3 is 2.75 bits per heavy atom. The molecule has 0 bridgehead atoms. The molecule has 3 rings (SSSR count).